The van der Waals surface area contributed by atoms with Crippen LogP contribution < -0.4 is 10.2 Å². The number of fused-ring (bicyclic) bond motifs is 1. The lowest BCUT2D eigenvalue weighted by Gasteiger charge is -2.32. The van der Waals surface area contributed by atoms with Gasteiger partial charge in [-0.3, -0.25) is 0 Å². The van der Waals surface area contributed by atoms with Crippen LogP contribution in [0.3, 0.4) is 0 Å². The van der Waals surface area contributed by atoms with E-state index in [0.29, 0.717) is 0 Å². The van der Waals surface area contributed by atoms with Gasteiger partial charge in [-0.05, 0) is 36.1 Å². The van der Waals surface area contributed by atoms with Crippen LogP contribution >= 0.6 is 0 Å². The highest BCUT2D eigenvalue weighted by Crippen LogP contribution is 2.27. The molecule has 144 valence electrons. The van der Waals surface area contributed by atoms with E-state index < -0.39 is 0 Å². The zero-order valence-electron chi connectivity index (χ0n) is 16.3. The topological polar surface area (TPSA) is 58.9 Å². The van der Waals surface area contributed by atoms with Gasteiger partial charge in [0.25, 0.3) is 0 Å². The van der Waals surface area contributed by atoms with Gasteiger partial charge in [0.2, 0.25) is 0 Å². The van der Waals surface area contributed by atoms with E-state index in [2.05, 4.69) is 62.1 Å². The molecule has 1 aliphatic rings. The Balaban J connectivity index is 1.41. The number of benzene rings is 1. The monoisotopic (exact) mass is 382 g/mol. The third kappa shape index (κ3) is 3.33. The van der Waals surface area contributed by atoms with Gasteiger partial charge in [0.05, 0.1) is 18.2 Å². The van der Waals surface area contributed by atoms with E-state index in [1.807, 2.05) is 42.6 Å². The zero-order chi connectivity index (χ0) is 19.8. The van der Waals surface area contributed by atoms with E-state index >= 15 is 0 Å². The SMILES string of the molecule is C=C(Nc1cc2cc(-c3cncn3C)ccc2cn1)c1ccnc(N2CCC2)c1. The maximum atomic E-state index is 4.55. The molecule has 1 saturated heterocycles. The van der Waals surface area contributed by atoms with Gasteiger partial charge in [-0.2, -0.15) is 0 Å². The average molecular weight is 382 g/mol. The number of hydrogen-bond acceptors (Lipinski definition) is 5. The molecule has 0 atom stereocenters. The minimum absolute atomic E-state index is 0.770. The van der Waals surface area contributed by atoms with E-state index in [-0.39, 0.29) is 0 Å². The molecule has 6 nitrogen and oxygen atoms in total. The molecule has 1 N–H and O–H groups in total. The Morgan fingerprint density at radius 1 is 1.03 bits per heavy atom. The summed E-state index contributed by atoms with van der Waals surface area (Å²) in [7, 11) is 2.00. The highest BCUT2D eigenvalue weighted by molar-refractivity contribution is 5.89. The number of anilines is 2. The predicted octanol–water partition coefficient (Wildman–Crippen LogP) is 4.32. The van der Waals surface area contributed by atoms with E-state index in [0.717, 1.165) is 58.0 Å². The first-order valence-corrected chi connectivity index (χ1v) is 9.71. The Morgan fingerprint density at radius 3 is 2.69 bits per heavy atom. The van der Waals surface area contributed by atoms with Crippen LogP contribution in [-0.4, -0.2) is 32.6 Å². The van der Waals surface area contributed by atoms with E-state index in [1.54, 1.807) is 0 Å². The fraction of sp³-hybridized carbons (Fsp3) is 0.174. The molecule has 0 radical (unpaired) electrons. The summed E-state index contributed by atoms with van der Waals surface area (Å²) >= 11 is 0. The molecule has 3 aromatic heterocycles. The number of pyridine rings is 2. The molecular weight excluding hydrogens is 360 g/mol. The standard InChI is InChI=1S/C23H22N6/c1-16(17-6-7-25-23(12-17)29-8-3-9-29)27-22-11-20-10-18(4-5-19(20)13-26-22)21-14-24-15-28(21)2/h4-7,10-15H,1,3,8-9H2,2H3,(H,26,27). The highest BCUT2D eigenvalue weighted by atomic mass is 15.2. The molecule has 0 amide bonds. The Labute approximate surface area is 169 Å². The molecule has 1 aromatic carbocycles. The lowest BCUT2D eigenvalue weighted by Crippen LogP contribution is -2.37. The Hall–Kier alpha value is -3.67. The third-order valence-electron chi connectivity index (χ3n) is 5.39. The van der Waals surface area contributed by atoms with Crippen LogP contribution in [0.4, 0.5) is 11.6 Å². The lowest BCUT2D eigenvalue weighted by atomic mass is 10.1. The largest absolute Gasteiger partial charge is 0.356 e. The summed E-state index contributed by atoms with van der Waals surface area (Å²) in [6.45, 7) is 6.35. The number of nitrogens with zero attached hydrogens (tertiary/aromatic N) is 5. The van der Waals surface area contributed by atoms with Crippen LogP contribution in [0.25, 0.3) is 27.7 Å². The zero-order valence-corrected chi connectivity index (χ0v) is 16.3. The smallest absolute Gasteiger partial charge is 0.130 e. The number of hydrogen-bond donors (Lipinski definition) is 1. The Morgan fingerprint density at radius 2 is 1.93 bits per heavy atom. The van der Waals surface area contributed by atoms with Gasteiger partial charge < -0.3 is 14.8 Å². The van der Waals surface area contributed by atoms with Gasteiger partial charge in [-0.15, -0.1) is 0 Å². The van der Waals surface area contributed by atoms with Crippen molar-refractivity contribution in [3.05, 3.63) is 73.5 Å². The second-order valence-corrected chi connectivity index (χ2v) is 7.37. The summed E-state index contributed by atoms with van der Waals surface area (Å²) in [5.74, 6) is 1.77. The second kappa shape index (κ2) is 7.05. The third-order valence-corrected chi connectivity index (χ3v) is 5.39. The van der Waals surface area contributed by atoms with Crippen molar-refractivity contribution in [1.29, 1.82) is 0 Å². The van der Waals surface area contributed by atoms with Crippen molar-refractivity contribution in [2.45, 2.75) is 6.42 Å². The average Bonchev–Trinajstić information content (AvgIpc) is 3.12. The Kier molecular flexibility index (Phi) is 4.24. The number of aromatic nitrogens is 4. The molecular formula is C23H22N6. The first kappa shape index (κ1) is 17.4. The van der Waals surface area contributed by atoms with Crippen molar-refractivity contribution < 1.29 is 0 Å². The van der Waals surface area contributed by atoms with Gasteiger partial charge in [0.1, 0.15) is 11.6 Å². The minimum Gasteiger partial charge on any atom is -0.356 e. The molecule has 0 spiro atoms. The molecule has 0 aliphatic carbocycles. The van der Waals surface area contributed by atoms with E-state index in [9.17, 15) is 0 Å². The first-order valence-electron chi connectivity index (χ1n) is 9.71. The van der Waals surface area contributed by atoms with Crippen LogP contribution in [0.2, 0.25) is 0 Å². The lowest BCUT2D eigenvalue weighted by molar-refractivity contribution is 0.609. The number of imidazole rings is 1. The fourth-order valence-corrected chi connectivity index (χ4v) is 3.56. The van der Waals surface area contributed by atoms with Crippen molar-refractivity contribution in [1.82, 2.24) is 19.5 Å². The van der Waals surface area contributed by atoms with Crippen molar-refractivity contribution in [2.24, 2.45) is 7.05 Å². The van der Waals surface area contributed by atoms with E-state index in [4.69, 9.17) is 0 Å². The number of rotatable bonds is 5. The molecule has 1 fully saturated rings. The molecule has 0 unspecified atom stereocenters. The summed E-state index contributed by atoms with van der Waals surface area (Å²) in [5.41, 5.74) is 4.04. The Bertz CT molecular complexity index is 1200. The maximum Gasteiger partial charge on any atom is 0.130 e. The molecule has 4 aromatic rings. The van der Waals surface area contributed by atoms with Crippen LogP contribution in [0.15, 0.2) is 67.9 Å². The predicted molar refractivity (Wildman–Crippen MR) is 118 cm³/mol. The minimum atomic E-state index is 0.770. The van der Waals surface area contributed by atoms with Gasteiger partial charge >= 0.3 is 0 Å². The second-order valence-electron chi connectivity index (χ2n) is 7.37. The van der Waals surface area contributed by atoms with Gasteiger partial charge in [0.15, 0.2) is 0 Å². The molecule has 29 heavy (non-hydrogen) atoms. The van der Waals surface area contributed by atoms with Crippen molar-refractivity contribution in [3.8, 4) is 11.3 Å². The summed E-state index contributed by atoms with van der Waals surface area (Å²) in [5, 5.41) is 5.56. The molecule has 6 heteroatoms. The molecule has 4 heterocycles. The van der Waals surface area contributed by atoms with Crippen LogP contribution in [0.1, 0.15) is 12.0 Å². The molecule has 0 saturated carbocycles. The van der Waals surface area contributed by atoms with Crippen molar-refractivity contribution >= 4 is 28.1 Å². The quantitative estimate of drug-likeness (QED) is 0.557. The molecule has 0 bridgehead atoms. The maximum absolute atomic E-state index is 4.55. The normalized spacial score (nSPS) is 13.3. The van der Waals surface area contributed by atoms with Crippen LogP contribution in [0, 0.1) is 0 Å². The summed E-state index contributed by atoms with van der Waals surface area (Å²) in [4.78, 5) is 15.5. The number of aryl methyl sites for hydroxylation is 1. The van der Waals surface area contributed by atoms with Crippen LogP contribution in [-0.2, 0) is 7.05 Å². The van der Waals surface area contributed by atoms with Crippen molar-refractivity contribution in [2.75, 3.05) is 23.3 Å². The highest BCUT2D eigenvalue weighted by Gasteiger charge is 2.16. The molecule has 5 rings (SSSR count). The van der Waals surface area contributed by atoms with Gasteiger partial charge in [-0.1, -0.05) is 18.7 Å². The summed E-state index contributed by atoms with van der Waals surface area (Å²) in [6, 6.07) is 12.5. The fourth-order valence-electron chi connectivity index (χ4n) is 3.56. The van der Waals surface area contributed by atoms with E-state index in [1.165, 1.54) is 6.42 Å². The molecule has 1 aliphatic heterocycles. The van der Waals surface area contributed by atoms with Crippen molar-refractivity contribution in [3.63, 3.8) is 0 Å². The number of nitrogens with one attached hydrogen (secondary N) is 1. The van der Waals surface area contributed by atoms with Gasteiger partial charge in [-0.25, -0.2) is 15.0 Å². The van der Waals surface area contributed by atoms with Gasteiger partial charge in [0, 0.05) is 54.7 Å². The summed E-state index contributed by atoms with van der Waals surface area (Å²) < 4.78 is 2.02. The van der Waals surface area contributed by atoms with Crippen LogP contribution in [0.5, 0.6) is 0 Å². The first-order chi connectivity index (χ1) is 14.2. The summed E-state index contributed by atoms with van der Waals surface area (Å²) in [6.07, 6.45) is 8.64.